The lowest BCUT2D eigenvalue weighted by atomic mass is 9.85. The molecule has 39 heavy (non-hydrogen) atoms. The van der Waals surface area contributed by atoms with Crippen molar-refractivity contribution in [2.24, 2.45) is 0 Å². The van der Waals surface area contributed by atoms with E-state index in [1.165, 1.54) is 17.0 Å². The lowest BCUT2D eigenvalue weighted by Gasteiger charge is -2.53. The molecule has 0 radical (unpaired) electrons. The molecule has 2 aromatic carbocycles. The first-order valence-electron chi connectivity index (χ1n) is 11.6. The second-order valence-corrected chi connectivity index (χ2v) is 10.2. The van der Waals surface area contributed by atoms with Crippen LogP contribution in [0.5, 0.6) is 0 Å². The first-order chi connectivity index (χ1) is 18.1. The Morgan fingerprint density at radius 2 is 1.74 bits per heavy atom. The van der Waals surface area contributed by atoms with Crippen molar-refractivity contribution in [3.8, 4) is 6.07 Å². The Labute approximate surface area is 227 Å². The largest absolute Gasteiger partial charge is 0.444 e. The maximum Gasteiger partial charge on any atom is 0.416 e. The standard InChI is InChI=1S/C26H25ClF4N4O4/c1-24(2,3)39-23(38)34-14-25(15-34,22(37)33-20-9-6-17(12-32)10-19(20)28)35(21(36)11-27)13-16-4-7-18(8-5-16)26(29,30)31/h4-10H,11,13-15H2,1-3H3,(H,33,37). The number of ether oxygens (including phenoxy) is 1. The molecule has 8 nitrogen and oxygen atoms in total. The number of nitrogens with zero attached hydrogens (tertiary/aromatic N) is 3. The Hall–Kier alpha value is -3.85. The van der Waals surface area contributed by atoms with Crippen LogP contribution in [0, 0.1) is 17.1 Å². The lowest BCUT2D eigenvalue weighted by molar-refractivity contribution is -0.156. The Morgan fingerprint density at radius 3 is 2.23 bits per heavy atom. The van der Waals surface area contributed by atoms with Gasteiger partial charge in [0.2, 0.25) is 5.91 Å². The number of rotatable bonds is 6. The summed E-state index contributed by atoms with van der Waals surface area (Å²) in [6.07, 6.45) is -5.33. The fraction of sp³-hybridized carbons (Fsp3) is 0.385. The number of halogens is 5. The summed E-state index contributed by atoms with van der Waals surface area (Å²) in [6.45, 7) is 3.91. The van der Waals surface area contributed by atoms with Gasteiger partial charge in [0.1, 0.15) is 17.3 Å². The summed E-state index contributed by atoms with van der Waals surface area (Å²) >= 11 is 5.83. The van der Waals surface area contributed by atoms with Gasteiger partial charge in [-0.25, -0.2) is 9.18 Å². The first kappa shape index (κ1) is 29.7. The van der Waals surface area contributed by atoms with Crippen LogP contribution < -0.4 is 5.32 Å². The van der Waals surface area contributed by atoms with Crippen molar-refractivity contribution in [1.82, 2.24) is 9.80 Å². The van der Waals surface area contributed by atoms with E-state index in [9.17, 15) is 31.9 Å². The third kappa shape index (κ3) is 6.78. The highest BCUT2D eigenvalue weighted by Crippen LogP contribution is 2.34. The molecule has 3 rings (SSSR count). The Morgan fingerprint density at radius 1 is 1.13 bits per heavy atom. The molecule has 0 aromatic heterocycles. The smallest absolute Gasteiger partial charge is 0.416 e. The summed E-state index contributed by atoms with van der Waals surface area (Å²) in [7, 11) is 0. The summed E-state index contributed by atoms with van der Waals surface area (Å²) in [5.41, 5.74) is -3.51. The normalized spacial score (nSPS) is 14.6. The van der Waals surface area contributed by atoms with Crippen molar-refractivity contribution in [2.75, 3.05) is 24.3 Å². The van der Waals surface area contributed by atoms with Crippen LogP contribution in [0.2, 0.25) is 0 Å². The molecular formula is C26H25ClF4N4O4. The van der Waals surface area contributed by atoms with Crippen LogP contribution in [-0.4, -0.2) is 57.8 Å². The van der Waals surface area contributed by atoms with Crippen molar-refractivity contribution in [1.29, 1.82) is 5.26 Å². The van der Waals surface area contributed by atoms with E-state index >= 15 is 0 Å². The first-order valence-corrected chi connectivity index (χ1v) is 12.1. The van der Waals surface area contributed by atoms with E-state index in [1.54, 1.807) is 26.8 Å². The molecule has 0 unspecified atom stereocenters. The molecule has 1 aliphatic heterocycles. The van der Waals surface area contributed by atoms with E-state index in [0.29, 0.717) is 0 Å². The summed E-state index contributed by atoms with van der Waals surface area (Å²) in [5, 5.41) is 11.4. The monoisotopic (exact) mass is 568 g/mol. The fourth-order valence-electron chi connectivity index (χ4n) is 3.93. The average molecular weight is 569 g/mol. The number of hydrogen-bond acceptors (Lipinski definition) is 5. The highest BCUT2D eigenvalue weighted by atomic mass is 35.5. The van der Waals surface area contributed by atoms with E-state index in [2.05, 4.69) is 5.32 Å². The van der Waals surface area contributed by atoms with Crippen LogP contribution in [0.4, 0.5) is 28.0 Å². The summed E-state index contributed by atoms with van der Waals surface area (Å²) in [5.74, 6) is -3.08. The molecule has 0 spiro atoms. The van der Waals surface area contributed by atoms with Crippen LogP contribution in [0.1, 0.15) is 37.5 Å². The topological polar surface area (TPSA) is 103 Å². The minimum atomic E-state index is -4.57. The number of alkyl halides is 4. The van der Waals surface area contributed by atoms with Gasteiger partial charge in [0.25, 0.3) is 5.91 Å². The number of nitriles is 1. The van der Waals surface area contributed by atoms with E-state index in [1.807, 2.05) is 0 Å². The number of nitrogens with one attached hydrogen (secondary N) is 1. The predicted molar refractivity (Wildman–Crippen MR) is 133 cm³/mol. The van der Waals surface area contributed by atoms with Crippen LogP contribution in [0.3, 0.4) is 0 Å². The van der Waals surface area contributed by atoms with Gasteiger partial charge in [-0.05, 0) is 56.7 Å². The van der Waals surface area contributed by atoms with Gasteiger partial charge in [-0.15, -0.1) is 11.6 Å². The van der Waals surface area contributed by atoms with Gasteiger partial charge in [0.15, 0.2) is 5.54 Å². The van der Waals surface area contributed by atoms with Crippen LogP contribution in [0.25, 0.3) is 0 Å². The van der Waals surface area contributed by atoms with Crippen molar-refractivity contribution in [2.45, 2.75) is 44.6 Å². The highest BCUT2D eigenvalue weighted by Gasteiger charge is 2.57. The van der Waals surface area contributed by atoms with Gasteiger partial charge in [-0.3, -0.25) is 9.59 Å². The molecule has 1 N–H and O–H groups in total. The van der Waals surface area contributed by atoms with Crippen LogP contribution >= 0.6 is 11.6 Å². The summed E-state index contributed by atoms with van der Waals surface area (Å²) in [4.78, 5) is 41.4. The zero-order valence-corrected chi connectivity index (χ0v) is 22.0. The second kappa shape index (κ2) is 11.1. The van der Waals surface area contributed by atoms with Gasteiger partial charge in [0.05, 0.1) is 36.0 Å². The van der Waals surface area contributed by atoms with Crippen molar-refractivity contribution < 1.29 is 36.7 Å². The minimum absolute atomic E-state index is 0.0150. The Kier molecular flexibility index (Phi) is 8.45. The molecular weight excluding hydrogens is 544 g/mol. The number of benzene rings is 2. The number of carbonyl (C=O) groups is 3. The highest BCUT2D eigenvalue weighted by molar-refractivity contribution is 6.27. The maximum atomic E-state index is 14.6. The van der Waals surface area contributed by atoms with Crippen molar-refractivity contribution >= 4 is 35.2 Å². The van der Waals surface area contributed by atoms with E-state index < -0.39 is 52.5 Å². The number of carbonyl (C=O) groups excluding carboxylic acids is 3. The van der Waals surface area contributed by atoms with E-state index in [-0.39, 0.29) is 36.4 Å². The van der Waals surface area contributed by atoms with Crippen LogP contribution in [0.15, 0.2) is 42.5 Å². The molecule has 13 heteroatoms. The van der Waals surface area contributed by atoms with Crippen molar-refractivity contribution in [3.63, 3.8) is 0 Å². The molecule has 0 atom stereocenters. The van der Waals surface area contributed by atoms with Crippen LogP contribution in [-0.2, 0) is 27.0 Å². The third-order valence-corrected chi connectivity index (χ3v) is 6.11. The molecule has 0 bridgehead atoms. The Bertz CT molecular complexity index is 1300. The second-order valence-electron chi connectivity index (χ2n) is 9.94. The third-order valence-electron chi connectivity index (χ3n) is 5.88. The van der Waals surface area contributed by atoms with E-state index in [0.717, 1.165) is 35.2 Å². The zero-order chi connectivity index (χ0) is 29.2. The molecule has 3 amide bonds. The minimum Gasteiger partial charge on any atom is -0.444 e. The maximum absolute atomic E-state index is 14.6. The molecule has 1 heterocycles. The molecule has 0 aliphatic carbocycles. The van der Waals surface area contributed by atoms with E-state index in [4.69, 9.17) is 21.6 Å². The number of hydrogen-bond donors (Lipinski definition) is 1. The SMILES string of the molecule is CC(C)(C)OC(=O)N1CC(C(=O)Nc2ccc(C#N)cc2F)(N(Cc2ccc(C(F)(F)F)cc2)C(=O)CCl)C1. The molecule has 208 valence electrons. The zero-order valence-electron chi connectivity index (χ0n) is 21.2. The lowest BCUT2D eigenvalue weighted by Crippen LogP contribution is -2.77. The quantitative estimate of drug-likeness (QED) is 0.394. The summed E-state index contributed by atoms with van der Waals surface area (Å²) < 4.78 is 58.9. The molecule has 1 aliphatic rings. The molecule has 0 saturated carbocycles. The molecule has 1 fully saturated rings. The molecule has 2 aromatic rings. The number of likely N-dealkylation sites (tertiary alicyclic amines) is 1. The van der Waals surface area contributed by atoms with Gasteiger partial charge in [0, 0.05) is 6.54 Å². The average Bonchev–Trinajstić information content (AvgIpc) is 2.82. The molecule has 1 saturated heterocycles. The number of anilines is 1. The summed E-state index contributed by atoms with van der Waals surface area (Å²) in [6, 6.07) is 9.14. The van der Waals surface area contributed by atoms with Gasteiger partial charge in [-0.1, -0.05) is 12.1 Å². The number of amides is 3. The Balaban J connectivity index is 1.97. The predicted octanol–water partition coefficient (Wildman–Crippen LogP) is 4.91. The van der Waals surface area contributed by atoms with Gasteiger partial charge in [-0.2, -0.15) is 18.4 Å². The van der Waals surface area contributed by atoms with Gasteiger partial charge >= 0.3 is 12.3 Å². The van der Waals surface area contributed by atoms with Crippen molar-refractivity contribution in [3.05, 3.63) is 65.0 Å². The van der Waals surface area contributed by atoms with Gasteiger partial charge < -0.3 is 19.9 Å². The fourth-order valence-corrected chi connectivity index (χ4v) is 4.08.